The highest BCUT2D eigenvalue weighted by atomic mass is 79.9. The Bertz CT molecular complexity index is 342. The van der Waals surface area contributed by atoms with Gasteiger partial charge < -0.3 is 10.1 Å². The van der Waals surface area contributed by atoms with Gasteiger partial charge in [-0.1, -0.05) is 13.8 Å². The average Bonchev–Trinajstić information content (AvgIpc) is 2.20. The molecule has 1 aromatic rings. The molecular formula is C12H19BrN2O. The summed E-state index contributed by atoms with van der Waals surface area (Å²) in [6.07, 6.45) is 0. The molecule has 0 aliphatic rings. The van der Waals surface area contributed by atoms with Crippen LogP contribution in [-0.2, 0) is 4.74 Å². The SMILES string of the molecule is COCC(Nc1ccc(Br)nc1C)C(C)C. The van der Waals surface area contributed by atoms with Crippen molar-refractivity contribution in [2.24, 2.45) is 5.92 Å². The van der Waals surface area contributed by atoms with E-state index in [4.69, 9.17) is 4.74 Å². The lowest BCUT2D eigenvalue weighted by Gasteiger charge is -2.23. The minimum absolute atomic E-state index is 0.312. The van der Waals surface area contributed by atoms with Crippen molar-refractivity contribution < 1.29 is 4.74 Å². The number of aromatic nitrogens is 1. The maximum atomic E-state index is 5.21. The standard InChI is InChI=1S/C12H19BrN2O/c1-8(2)11(7-16-4)15-10-5-6-12(13)14-9(10)3/h5-6,8,11,15H,7H2,1-4H3. The number of halogens is 1. The molecule has 16 heavy (non-hydrogen) atoms. The molecule has 1 atom stereocenters. The first-order valence-electron chi connectivity index (χ1n) is 5.43. The van der Waals surface area contributed by atoms with Crippen molar-refractivity contribution in [2.75, 3.05) is 19.0 Å². The molecule has 0 aliphatic heterocycles. The second-order valence-corrected chi connectivity index (χ2v) is 5.03. The molecule has 0 bridgehead atoms. The molecule has 1 N–H and O–H groups in total. The third kappa shape index (κ3) is 3.76. The smallest absolute Gasteiger partial charge is 0.106 e. The molecule has 90 valence electrons. The Labute approximate surface area is 106 Å². The first-order valence-corrected chi connectivity index (χ1v) is 6.22. The van der Waals surface area contributed by atoms with E-state index in [1.54, 1.807) is 7.11 Å². The van der Waals surface area contributed by atoms with Gasteiger partial charge in [0.2, 0.25) is 0 Å². The van der Waals surface area contributed by atoms with Crippen LogP contribution in [0.5, 0.6) is 0 Å². The molecule has 0 saturated carbocycles. The number of nitrogens with zero attached hydrogens (tertiary/aromatic N) is 1. The van der Waals surface area contributed by atoms with Gasteiger partial charge in [0.15, 0.2) is 0 Å². The van der Waals surface area contributed by atoms with E-state index < -0.39 is 0 Å². The normalized spacial score (nSPS) is 12.9. The predicted molar refractivity (Wildman–Crippen MR) is 70.8 cm³/mol. The molecule has 4 heteroatoms. The molecule has 0 spiro atoms. The van der Waals surface area contributed by atoms with Crippen molar-refractivity contribution in [1.82, 2.24) is 4.98 Å². The molecule has 1 rings (SSSR count). The van der Waals surface area contributed by atoms with Gasteiger partial charge in [-0.05, 0) is 40.9 Å². The summed E-state index contributed by atoms with van der Waals surface area (Å²) in [4.78, 5) is 4.36. The Morgan fingerprint density at radius 3 is 2.62 bits per heavy atom. The molecule has 0 amide bonds. The number of ether oxygens (including phenoxy) is 1. The van der Waals surface area contributed by atoms with Crippen molar-refractivity contribution >= 4 is 21.6 Å². The first-order chi connectivity index (χ1) is 7.54. The maximum absolute atomic E-state index is 5.21. The van der Waals surface area contributed by atoms with Crippen LogP contribution < -0.4 is 5.32 Å². The fourth-order valence-corrected chi connectivity index (χ4v) is 1.86. The maximum Gasteiger partial charge on any atom is 0.106 e. The Hall–Kier alpha value is -0.610. The van der Waals surface area contributed by atoms with E-state index in [1.165, 1.54) is 0 Å². The summed E-state index contributed by atoms with van der Waals surface area (Å²) in [7, 11) is 1.73. The molecule has 0 saturated heterocycles. The van der Waals surface area contributed by atoms with Gasteiger partial charge in [-0.3, -0.25) is 0 Å². The van der Waals surface area contributed by atoms with Crippen LogP contribution in [-0.4, -0.2) is 24.7 Å². The monoisotopic (exact) mass is 286 g/mol. The number of rotatable bonds is 5. The zero-order valence-corrected chi connectivity index (χ0v) is 11.8. The number of pyridine rings is 1. The molecular weight excluding hydrogens is 268 g/mol. The summed E-state index contributed by atoms with van der Waals surface area (Å²) < 4.78 is 6.07. The minimum atomic E-state index is 0.312. The first kappa shape index (κ1) is 13.5. The van der Waals surface area contributed by atoms with Crippen molar-refractivity contribution in [2.45, 2.75) is 26.8 Å². The van der Waals surface area contributed by atoms with Crippen molar-refractivity contribution in [3.8, 4) is 0 Å². The summed E-state index contributed by atoms with van der Waals surface area (Å²) in [5.74, 6) is 0.517. The lowest BCUT2D eigenvalue weighted by atomic mass is 10.0. The van der Waals surface area contributed by atoms with Gasteiger partial charge in [-0.25, -0.2) is 4.98 Å². The van der Waals surface area contributed by atoms with E-state index in [1.807, 2.05) is 19.1 Å². The van der Waals surface area contributed by atoms with E-state index in [-0.39, 0.29) is 0 Å². The second kappa shape index (κ2) is 6.21. The summed E-state index contributed by atoms with van der Waals surface area (Å²) in [5, 5.41) is 3.47. The molecule has 0 aliphatic carbocycles. The van der Waals surface area contributed by atoms with Crippen molar-refractivity contribution in [3.05, 3.63) is 22.4 Å². The fourth-order valence-electron chi connectivity index (χ4n) is 1.46. The fraction of sp³-hybridized carbons (Fsp3) is 0.583. The van der Waals surface area contributed by atoms with Gasteiger partial charge in [0, 0.05) is 7.11 Å². The Morgan fingerprint density at radius 1 is 1.44 bits per heavy atom. The number of anilines is 1. The summed E-state index contributed by atoms with van der Waals surface area (Å²) >= 11 is 3.36. The van der Waals surface area contributed by atoms with Crippen LogP contribution in [0.25, 0.3) is 0 Å². The average molecular weight is 287 g/mol. The van der Waals surface area contributed by atoms with Gasteiger partial charge in [-0.2, -0.15) is 0 Å². The Morgan fingerprint density at radius 2 is 2.12 bits per heavy atom. The summed E-state index contributed by atoms with van der Waals surface area (Å²) in [6, 6.07) is 4.29. The molecule has 0 aromatic carbocycles. The highest BCUT2D eigenvalue weighted by Crippen LogP contribution is 2.19. The van der Waals surface area contributed by atoms with Gasteiger partial charge in [0.25, 0.3) is 0 Å². The van der Waals surface area contributed by atoms with Gasteiger partial charge in [0.1, 0.15) is 4.60 Å². The second-order valence-electron chi connectivity index (χ2n) is 4.22. The predicted octanol–water partition coefficient (Wildman–Crippen LogP) is 3.24. The van der Waals surface area contributed by atoms with Gasteiger partial charge in [-0.15, -0.1) is 0 Å². The van der Waals surface area contributed by atoms with Crippen LogP contribution in [0.1, 0.15) is 19.5 Å². The summed E-state index contributed by atoms with van der Waals surface area (Å²) in [5.41, 5.74) is 2.06. The minimum Gasteiger partial charge on any atom is -0.383 e. The molecule has 1 unspecified atom stereocenters. The van der Waals surface area contributed by atoms with E-state index >= 15 is 0 Å². The van der Waals surface area contributed by atoms with Crippen LogP contribution in [0.15, 0.2) is 16.7 Å². The molecule has 1 heterocycles. The highest BCUT2D eigenvalue weighted by Gasteiger charge is 2.14. The highest BCUT2D eigenvalue weighted by molar-refractivity contribution is 9.10. The third-order valence-corrected chi connectivity index (χ3v) is 2.99. The van der Waals surface area contributed by atoms with Crippen molar-refractivity contribution in [3.63, 3.8) is 0 Å². The third-order valence-electron chi connectivity index (χ3n) is 2.54. The van der Waals surface area contributed by atoms with Crippen LogP contribution in [0.2, 0.25) is 0 Å². The topological polar surface area (TPSA) is 34.1 Å². The van der Waals surface area contributed by atoms with Gasteiger partial charge in [0.05, 0.1) is 24.0 Å². The number of methoxy groups -OCH3 is 1. The largest absolute Gasteiger partial charge is 0.383 e. The quantitative estimate of drug-likeness (QED) is 0.844. The van der Waals surface area contributed by atoms with E-state index in [9.17, 15) is 0 Å². The summed E-state index contributed by atoms with van der Waals surface area (Å²) in [6.45, 7) is 7.06. The molecule has 0 fully saturated rings. The molecule has 0 radical (unpaired) electrons. The Balaban J connectivity index is 2.77. The van der Waals surface area contributed by atoms with Gasteiger partial charge >= 0.3 is 0 Å². The number of aryl methyl sites for hydroxylation is 1. The van der Waals surface area contributed by atoms with Crippen LogP contribution in [0.4, 0.5) is 5.69 Å². The zero-order chi connectivity index (χ0) is 12.1. The number of nitrogens with one attached hydrogen (secondary N) is 1. The lowest BCUT2D eigenvalue weighted by Crippen LogP contribution is -2.30. The number of hydrogen-bond donors (Lipinski definition) is 1. The molecule has 3 nitrogen and oxygen atoms in total. The van der Waals surface area contributed by atoms with Crippen LogP contribution >= 0.6 is 15.9 Å². The van der Waals surface area contributed by atoms with E-state index in [2.05, 4.69) is 40.1 Å². The van der Waals surface area contributed by atoms with Crippen LogP contribution in [0.3, 0.4) is 0 Å². The molecule has 1 aromatic heterocycles. The van der Waals surface area contributed by atoms with Crippen LogP contribution in [0, 0.1) is 12.8 Å². The van der Waals surface area contributed by atoms with Crippen molar-refractivity contribution in [1.29, 1.82) is 0 Å². The zero-order valence-electron chi connectivity index (χ0n) is 10.2. The number of hydrogen-bond acceptors (Lipinski definition) is 3. The van der Waals surface area contributed by atoms with E-state index in [0.717, 1.165) is 16.0 Å². The van der Waals surface area contributed by atoms with E-state index in [0.29, 0.717) is 18.6 Å². The Kier molecular flexibility index (Phi) is 5.22. The lowest BCUT2D eigenvalue weighted by molar-refractivity contribution is 0.171.